The van der Waals surface area contributed by atoms with E-state index in [1.807, 2.05) is 97.1 Å². The molecule has 46 heavy (non-hydrogen) atoms. The zero-order chi connectivity index (χ0) is 31.6. The molecule has 8 aromatic rings. The molecule has 0 aliphatic carbocycles. The van der Waals surface area contributed by atoms with Gasteiger partial charge in [0.15, 0.2) is 0 Å². The molecule has 0 aliphatic heterocycles. The van der Waals surface area contributed by atoms with Crippen molar-refractivity contribution < 1.29 is 13.2 Å². The molecule has 0 radical (unpaired) electrons. The van der Waals surface area contributed by atoms with Crippen LogP contribution < -0.4 is 0 Å². The molecule has 0 unspecified atom stereocenters. The predicted molar refractivity (Wildman–Crippen MR) is 175 cm³/mol. The summed E-state index contributed by atoms with van der Waals surface area (Å²) in [4.78, 5) is 0. The number of para-hydroxylation sites is 4. The molecule has 0 bridgehead atoms. The number of hydrogen-bond donors (Lipinski definition) is 0. The molecular weight excluding hydrogens is 581 g/mol. The minimum atomic E-state index is -4.77. The van der Waals surface area contributed by atoms with Gasteiger partial charge in [0, 0.05) is 21.5 Å². The zero-order valence-electron chi connectivity index (χ0n) is 24.0. The van der Waals surface area contributed by atoms with Gasteiger partial charge >= 0.3 is 6.18 Å². The third-order valence-electron chi connectivity index (χ3n) is 8.55. The molecule has 0 spiro atoms. The van der Waals surface area contributed by atoms with Crippen LogP contribution in [0.1, 0.15) is 16.7 Å². The fourth-order valence-corrected chi connectivity index (χ4v) is 6.71. The highest BCUT2D eigenvalue weighted by molar-refractivity contribution is 6.11. The Labute approximate surface area is 261 Å². The van der Waals surface area contributed by atoms with Gasteiger partial charge in [0.2, 0.25) is 0 Å². The molecule has 2 aromatic heterocycles. The average Bonchev–Trinajstić information content (AvgIpc) is 3.60. The Kier molecular flexibility index (Phi) is 6.00. The maximum Gasteiger partial charge on any atom is 0.420 e. The van der Waals surface area contributed by atoms with Crippen molar-refractivity contribution in [2.45, 2.75) is 6.18 Å². The minimum absolute atomic E-state index is 0.0554. The first-order chi connectivity index (χ1) is 22.4. The predicted octanol–water partition coefficient (Wildman–Crippen LogP) is 10.3. The lowest BCUT2D eigenvalue weighted by atomic mass is 9.96. The fraction of sp³-hybridized carbons (Fsp3) is 0.0256. The average molecular weight is 603 g/mol. The lowest BCUT2D eigenvalue weighted by Gasteiger charge is -2.23. The van der Waals surface area contributed by atoms with Crippen LogP contribution in [0.15, 0.2) is 127 Å². The lowest BCUT2D eigenvalue weighted by Crippen LogP contribution is -2.16. The van der Waals surface area contributed by atoms with E-state index in [4.69, 9.17) is 0 Å². The van der Waals surface area contributed by atoms with Gasteiger partial charge in [-0.25, -0.2) is 0 Å². The summed E-state index contributed by atoms with van der Waals surface area (Å²) in [6, 6.07) is 41.6. The van der Waals surface area contributed by atoms with E-state index in [0.29, 0.717) is 33.2 Å². The van der Waals surface area contributed by atoms with Gasteiger partial charge in [-0.2, -0.15) is 23.7 Å². The van der Waals surface area contributed by atoms with Crippen molar-refractivity contribution in [2.75, 3.05) is 0 Å². The van der Waals surface area contributed by atoms with E-state index in [9.17, 15) is 10.5 Å². The number of rotatable bonds is 3. The lowest BCUT2D eigenvalue weighted by molar-refractivity contribution is -0.137. The molecule has 0 saturated carbocycles. The number of nitriles is 2. The summed E-state index contributed by atoms with van der Waals surface area (Å²) in [5.74, 6) is 0. The van der Waals surface area contributed by atoms with Gasteiger partial charge in [-0.1, -0.05) is 72.8 Å². The third kappa shape index (κ3) is 4.07. The quantitative estimate of drug-likeness (QED) is 0.202. The second-order valence-electron chi connectivity index (χ2n) is 11.1. The van der Waals surface area contributed by atoms with E-state index in [1.165, 1.54) is 18.2 Å². The van der Waals surface area contributed by atoms with E-state index >= 15 is 13.2 Å². The first kappa shape index (κ1) is 27.3. The smallest absolute Gasteiger partial charge is 0.309 e. The molecule has 0 fully saturated rings. The van der Waals surface area contributed by atoms with E-state index < -0.39 is 11.7 Å². The molecule has 4 nitrogen and oxygen atoms in total. The van der Waals surface area contributed by atoms with Crippen molar-refractivity contribution in [1.29, 1.82) is 10.5 Å². The van der Waals surface area contributed by atoms with Crippen molar-refractivity contribution in [3.05, 3.63) is 144 Å². The molecular formula is C39H21F3N4. The summed E-state index contributed by atoms with van der Waals surface area (Å²) in [5.41, 5.74) is 2.99. The summed E-state index contributed by atoms with van der Waals surface area (Å²) in [6.07, 6.45) is -4.77. The Morgan fingerprint density at radius 1 is 0.457 bits per heavy atom. The van der Waals surface area contributed by atoms with Crippen molar-refractivity contribution in [2.24, 2.45) is 0 Å². The number of nitrogens with zero attached hydrogens (tertiary/aromatic N) is 4. The maximum atomic E-state index is 15.8. The highest BCUT2D eigenvalue weighted by Crippen LogP contribution is 2.46. The van der Waals surface area contributed by atoms with Crippen LogP contribution in [0, 0.1) is 22.7 Å². The molecule has 0 saturated heterocycles. The summed E-state index contributed by atoms with van der Waals surface area (Å²) in [7, 11) is 0. The van der Waals surface area contributed by atoms with Crippen LogP contribution in [0.2, 0.25) is 0 Å². The molecule has 2 heterocycles. The van der Waals surface area contributed by atoms with Crippen molar-refractivity contribution in [3.63, 3.8) is 0 Å². The second-order valence-corrected chi connectivity index (χ2v) is 11.1. The van der Waals surface area contributed by atoms with Gasteiger partial charge in [-0.3, -0.25) is 0 Å². The highest BCUT2D eigenvalue weighted by Gasteiger charge is 2.39. The number of benzene rings is 6. The molecule has 218 valence electrons. The molecule has 0 atom stereocenters. The van der Waals surface area contributed by atoms with E-state index in [2.05, 4.69) is 12.1 Å². The SMILES string of the molecule is N#Cc1cc(C#N)cc(-c2cc(-n3c4ccccc4c4ccccc43)c(C(F)(F)F)c(-n3c4ccccc4c4ccccc43)c2)c1. The number of hydrogen-bond acceptors (Lipinski definition) is 2. The van der Waals surface area contributed by atoms with Gasteiger partial charge < -0.3 is 9.13 Å². The molecule has 6 aromatic carbocycles. The molecule has 0 N–H and O–H groups in total. The van der Waals surface area contributed by atoms with Gasteiger partial charge in [0.05, 0.1) is 56.7 Å². The normalized spacial score (nSPS) is 11.8. The van der Waals surface area contributed by atoms with Crippen LogP contribution >= 0.6 is 0 Å². The second kappa shape index (κ2) is 10.1. The van der Waals surface area contributed by atoms with Crippen LogP contribution in [0.5, 0.6) is 0 Å². The van der Waals surface area contributed by atoms with E-state index in [0.717, 1.165) is 21.5 Å². The Bertz CT molecular complexity index is 2330. The molecule has 7 heteroatoms. The Balaban J connectivity index is 1.61. The standard InChI is InChI=1S/C39H21F3N4/c40-39(41,42)38-36(45-32-13-5-1-9-28(32)29-10-2-6-14-33(29)45)20-27(26-18-24(22-43)17-25(19-26)23-44)21-37(38)46-34-15-7-3-11-30(34)31-12-4-8-16-35(31)46/h1-21H. The van der Waals surface area contributed by atoms with Crippen molar-refractivity contribution in [3.8, 4) is 34.6 Å². The van der Waals surface area contributed by atoms with Crippen LogP contribution in [0.25, 0.3) is 66.1 Å². The number of halogens is 3. The first-order valence-electron chi connectivity index (χ1n) is 14.6. The Morgan fingerprint density at radius 2 is 0.783 bits per heavy atom. The van der Waals surface area contributed by atoms with Crippen LogP contribution in [-0.4, -0.2) is 9.13 Å². The number of fused-ring (bicyclic) bond motifs is 6. The van der Waals surface area contributed by atoms with Gasteiger partial charge in [-0.15, -0.1) is 0 Å². The minimum Gasteiger partial charge on any atom is -0.309 e. The van der Waals surface area contributed by atoms with Crippen LogP contribution in [-0.2, 0) is 6.18 Å². The summed E-state index contributed by atoms with van der Waals surface area (Å²) in [6.45, 7) is 0. The highest BCUT2D eigenvalue weighted by atomic mass is 19.4. The van der Waals surface area contributed by atoms with E-state index in [1.54, 1.807) is 21.3 Å². The summed E-state index contributed by atoms with van der Waals surface area (Å²) >= 11 is 0. The number of aromatic nitrogens is 2. The van der Waals surface area contributed by atoms with Gasteiger partial charge in [0.25, 0.3) is 0 Å². The Hall–Kier alpha value is -6.31. The van der Waals surface area contributed by atoms with Crippen molar-refractivity contribution in [1.82, 2.24) is 9.13 Å². The van der Waals surface area contributed by atoms with Crippen LogP contribution in [0.4, 0.5) is 13.2 Å². The third-order valence-corrected chi connectivity index (χ3v) is 8.55. The fourth-order valence-electron chi connectivity index (χ4n) is 6.71. The number of alkyl halides is 3. The molecule has 0 aliphatic rings. The zero-order valence-corrected chi connectivity index (χ0v) is 24.0. The van der Waals surface area contributed by atoms with Crippen LogP contribution in [0.3, 0.4) is 0 Å². The summed E-state index contributed by atoms with van der Waals surface area (Å²) in [5, 5.41) is 22.8. The molecule has 0 amide bonds. The summed E-state index contributed by atoms with van der Waals surface area (Å²) < 4.78 is 50.6. The Morgan fingerprint density at radius 3 is 1.11 bits per heavy atom. The topological polar surface area (TPSA) is 57.4 Å². The van der Waals surface area contributed by atoms with Crippen molar-refractivity contribution >= 4 is 43.6 Å². The molecule has 8 rings (SSSR count). The maximum absolute atomic E-state index is 15.8. The van der Waals surface area contributed by atoms with Gasteiger partial charge in [0.1, 0.15) is 5.56 Å². The largest absolute Gasteiger partial charge is 0.420 e. The van der Waals surface area contributed by atoms with Gasteiger partial charge in [-0.05, 0) is 65.7 Å². The van der Waals surface area contributed by atoms with E-state index in [-0.39, 0.29) is 22.5 Å². The monoisotopic (exact) mass is 602 g/mol. The first-order valence-corrected chi connectivity index (χ1v) is 14.6.